The van der Waals surface area contributed by atoms with Crippen LogP contribution in [0.1, 0.15) is 33.6 Å². The van der Waals surface area contributed by atoms with Crippen molar-refractivity contribution in [2.75, 3.05) is 0 Å². The predicted molar refractivity (Wildman–Crippen MR) is 52.6 cm³/mol. The molecule has 0 aliphatic carbocycles. The second-order valence-electron chi connectivity index (χ2n) is 2.85. The van der Waals surface area contributed by atoms with Gasteiger partial charge in [-0.3, -0.25) is 0 Å². The molecule has 0 spiro atoms. The monoisotopic (exact) mass is 150 g/mol. The average Bonchev–Trinajstić information content (AvgIpc) is 1.96. The Morgan fingerprint density at radius 3 is 2.36 bits per heavy atom. The summed E-state index contributed by atoms with van der Waals surface area (Å²) in [7, 11) is 0. The molecule has 0 nitrogen and oxygen atoms in total. The minimum atomic E-state index is 1.18. The second-order valence-corrected chi connectivity index (χ2v) is 2.85. The molecule has 0 radical (unpaired) electrons. The topological polar surface area (TPSA) is 0 Å². The second kappa shape index (κ2) is 7.33. The summed E-state index contributed by atoms with van der Waals surface area (Å²) in [6.07, 6.45) is 12.9. The van der Waals surface area contributed by atoms with Crippen molar-refractivity contribution in [3.05, 3.63) is 36.0 Å². The van der Waals surface area contributed by atoms with Gasteiger partial charge in [0.15, 0.2) is 0 Å². The van der Waals surface area contributed by atoms with Crippen LogP contribution in [0.2, 0.25) is 0 Å². The van der Waals surface area contributed by atoms with E-state index in [9.17, 15) is 0 Å². The Bertz CT molecular complexity index is 155. The summed E-state index contributed by atoms with van der Waals surface area (Å²) in [6.45, 7) is 6.38. The van der Waals surface area contributed by atoms with E-state index in [1.165, 1.54) is 18.4 Å². The van der Waals surface area contributed by atoms with Crippen molar-refractivity contribution < 1.29 is 0 Å². The van der Waals surface area contributed by atoms with Crippen LogP contribution in [0.4, 0.5) is 0 Å². The summed E-state index contributed by atoms with van der Waals surface area (Å²) in [5.41, 5.74) is 1.34. The van der Waals surface area contributed by atoms with E-state index in [1.807, 2.05) is 0 Å². The van der Waals surface area contributed by atoms with Gasteiger partial charge in [-0.1, -0.05) is 49.3 Å². The van der Waals surface area contributed by atoms with Gasteiger partial charge in [-0.05, 0) is 20.3 Å². The molecule has 0 bridgehead atoms. The lowest BCUT2D eigenvalue weighted by Crippen LogP contribution is -1.60. The lowest BCUT2D eigenvalue weighted by atomic mass is 10.3. The third-order valence-electron chi connectivity index (χ3n) is 1.24. The summed E-state index contributed by atoms with van der Waals surface area (Å²) in [6, 6.07) is 0. The van der Waals surface area contributed by atoms with E-state index in [-0.39, 0.29) is 0 Å². The molecular formula is C11H18. The van der Waals surface area contributed by atoms with Gasteiger partial charge < -0.3 is 0 Å². The van der Waals surface area contributed by atoms with E-state index < -0.39 is 0 Å². The molecule has 0 aliphatic rings. The van der Waals surface area contributed by atoms with E-state index in [2.05, 4.69) is 51.2 Å². The third-order valence-corrected chi connectivity index (χ3v) is 1.24. The highest BCUT2D eigenvalue weighted by Crippen LogP contribution is 1.91. The van der Waals surface area contributed by atoms with Crippen molar-refractivity contribution >= 4 is 0 Å². The van der Waals surface area contributed by atoms with Crippen LogP contribution in [-0.2, 0) is 0 Å². The number of allylic oxidation sites excluding steroid dienone is 6. The van der Waals surface area contributed by atoms with Crippen LogP contribution in [0.25, 0.3) is 0 Å². The average molecular weight is 150 g/mol. The lowest BCUT2D eigenvalue weighted by molar-refractivity contribution is 0.959. The first kappa shape index (κ1) is 10.2. The molecule has 0 fully saturated rings. The minimum Gasteiger partial charge on any atom is -0.0845 e. The van der Waals surface area contributed by atoms with E-state index in [0.717, 1.165) is 0 Å². The maximum Gasteiger partial charge on any atom is -0.0350 e. The van der Waals surface area contributed by atoms with E-state index in [0.29, 0.717) is 0 Å². The highest BCUT2D eigenvalue weighted by Gasteiger charge is 1.70. The fourth-order valence-corrected chi connectivity index (χ4v) is 0.654. The molecule has 11 heavy (non-hydrogen) atoms. The SMILES string of the molecule is CCC/C=C/C=C\C=C(C)C. The molecule has 0 aromatic rings. The zero-order valence-electron chi connectivity index (χ0n) is 7.80. The van der Waals surface area contributed by atoms with E-state index in [1.54, 1.807) is 0 Å². The van der Waals surface area contributed by atoms with Gasteiger partial charge in [-0.2, -0.15) is 0 Å². The number of rotatable bonds is 4. The molecule has 0 heteroatoms. The molecule has 0 heterocycles. The Morgan fingerprint density at radius 2 is 1.82 bits per heavy atom. The highest BCUT2D eigenvalue weighted by atomic mass is 13.8. The van der Waals surface area contributed by atoms with Crippen molar-refractivity contribution in [1.29, 1.82) is 0 Å². The molecular weight excluding hydrogens is 132 g/mol. The van der Waals surface area contributed by atoms with Crippen LogP contribution < -0.4 is 0 Å². The Kier molecular flexibility index (Phi) is 6.81. The van der Waals surface area contributed by atoms with Gasteiger partial charge in [-0.15, -0.1) is 0 Å². The lowest BCUT2D eigenvalue weighted by Gasteiger charge is -1.81. The van der Waals surface area contributed by atoms with Crippen LogP contribution in [-0.4, -0.2) is 0 Å². The van der Waals surface area contributed by atoms with Gasteiger partial charge in [0, 0.05) is 0 Å². The molecule has 62 valence electrons. The van der Waals surface area contributed by atoms with E-state index in [4.69, 9.17) is 0 Å². The van der Waals surface area contributed by atoms with Gasteiger partial charge in [0.1, 0.15) is 0 Å². The molecule has 0 saturated carbocycles. The Morgan fingerprint density at radius 1 is 1.09 bits per heavy atom. The zero-order chi connectivity index (χ0) is 8.53. The van der Waals surface area contributed by atoms with Crippen molar-refractivity contribution in [2.24, 2.45) is 0 Å². The maximum absolute atomic E-state index is 2.19. The third kappa shape index (κ3) is 9.22. The summed E-state index contributed by atoms with van der Waals surface area (Å²) in [5.74, 6) is 0. The Balaban J connectivity index is 3.52. The normalized spacial score (nSPS) is 11.2. The number of unbranched alkanes of at least 4 members (excludes halogenated alkanes) is 1. The van der Waals surface area contributed by atoms with Crippen LogP contribution in [0, 0.1) is 0 Å². The largest absolute Gasteiger partial charge is 0.0845 e. The maximum atomic E-state index is 2.19. The zero-order valence-corrected chi connectivity index (χ0v) is 7.80. The smallest absolute Gasteiger partial charge is 0.0350 e. The summed E-state index contributed by atoms with van der Waals surface area (Å²) < 4.78 is 0. The van der Waals surface area contributed by atoms with Crippen molar-refractivity contribution in [1.82, 2.24) is 0 Å². The summed E-state index contributed by atoms with van der Waals surface area (Å²) in [5, 5.41) is 0. The van der Waals surface area contributed by atoms with Gasteiger partial charge in [0.25, 0.3) is 0 Å². The highest BCUT2D eigenvalue weighted by molar-refractivity contribution is 5.13. The summed E-state index contributed by atoms with van der Waals surface area (Å²) in [4.78, 5) is 0. The van der Waals surface area contributed by atoms with Crippen LogP contribution in [0.15, 0.2) is 36.0 Å². The molecule has 0 amide bonds. The predicted octanol–water partition coefficient (Wildman–Crippen LogP) is 3.87. The van der Waals surface area contributed by atoms with E-state index >= 15 is 0 Å². The van der Waals surface area contributed by atoms with Gasteiger partial charge in [0.05, 0.1) is 0 Å². The Labute approximate surface area is 70.3 Å². The van der Waals surface area contributed by atoms with Gasteiger partial charge in [0.2, 0.25) is 0 Å². The molecule has 0 saturated heterocycles. The molecule has 0 aromatic heterocycles. The van der Waals surface area contributed by atoms with Crippen molar-refractivity contribution in [2.45, 2.75) is 33.6 Å². The number of hydrogen-bond donors (Lipinski definition) is 0. The quantitative estimate of drug-likeness (QED) is 0.534. The van der Waals surface area contributed by atoms with Crippen LogP contribution >= 0.6 is 0 Å². The van der Waals surface area contributed by atoms with Gasteiger partial charge in [-0.25, -0.2) is 0 Å². The molecule has 0 N–H and O–H groups in total. The molecule has 0 rings (SSSR count). The first-order chi connectivity index (χ1) is 5.27. The van der Waals surface area contributed by atoms with Crippen molar-refractivity contribution in [3.8, 4) is 0 Å². The van der Waals surface area contributed by atoms with Crippen LogP contribution in [0.3, 0.4) is 0 Å². The minimum absolute atomic E-state index is 1.18. The summed E-state index contributed by atoms with van der Waals surface area (Å²) >= 11 is 0. The molecule has 0 atom stereocenters. The fraction of sp³-hybridized carbons (Fsp3) is 0.455. The number of hydrogen-bond acceptors (Lipinski definition) is 0. The van der Waals surface area contributed by atoms with Crippen LogP contribution in [0.5, 0.6) is 0 Å². The van der Waals surface area contributed by atoms with Crippen molar-refractivity contribution in [3.63, 3.8) is 0 Å². The molecule has 0 aliphatic heterocycles. The fourth-order valence-electron chi connectivity index (χ4n) is 0.654. The Hall–Kier alpha value is -0.780. The molecule has 0 aromatic carbocycles. The first-order valence-corrected chi connectivity index (χ1v) is 4.24. The molecule has 0 unspecified atom stereocenters. The standard InChI is InChI=1S/C11H18/c1-4-5-6-7-8-9-10-11(2)3/h6-10H,4-5H2,1-3H3/b7-6+,9-8-. The first-order valence-electron chi connectivity index (χ1n) is 4.24. The van der Waals surface area contributed by atoms with Gasteiger partial charge >= 0.3 is 0 Å².